The predicted octanol–water partition coefficient (Wildman–Crippen LogP) is 3.15. The topological polar surface area (TPSA) is 71.3 Å². The van der Waals surface area contributed by atoms with Crippen LogP contribution in [0.5, 0.6) is 0 Å². The fraction of sp³-hybridized carbons (Fsp3) is 0.714. The number of furan rings is 1. The summed E-state index contributed by atoms with van der Waals surface area (Å²) in [6.07, 6.45) is 4.05. The van der Waals surface area contributed by atoms with E-state index in [1.54, 1.807) is 6.07 Å². The van der Waals surface area contributed by atoms with Gasteiger partial charge in [-0.2, -0.15) is 0 Å². The quantitative estimate of drug-likeness (QED) is 0.728. The Balaban J connectivity index is 2.11. The number of hydrogen-bond acceptors (Lipinski definition) is 4. The molecule has 1 aromatic rings. The minimum atomic E-state index is -3.59. The highest BCUT2D eigenvalue weighted by atomic mass is 79.9. The third kappa shape index (κ3) is 4.81. The Morgan fingerprint density at radius 2 is 2.10 bits per heavy atom. The number of sulfonamides is 1. The van der Waals surface area contributed by atoms with Crippen LogP contribution in [0.25, 0.3) is 0 Å². The number of halogens is 1. The van der Waals surface area contributed by atoms with E-state index in [4.69, 9.17) is 4.42 Å². The molecule has 0 saturated heterocycles. The van der Waals surface area contributed by atoms with Gasteiger partial charge < -0.3 is 9.73 Å². The first-order valence-electron chi connectivity index (χ1n) is 7.29. The molecule has 0 atom stereocenters. The number of nitrogens with one attached hydrogen (secondary N) is 2. The van der Waals surface area contributed by atoms with Crippen LogP contribution in [0.3, 0.4) is 0 Å². The van der Waals surface area contributed by atoms with Gasteiger partial charge >= 0.3 is 0 Å². The van der Waals surface area contributed by atoms with Crippen molar-refractivity contribution in [2.75, 3.05) is 0 Å². The monoisotopic (exact) mass is 378 g/mol. The molecule has 0 spiro atoms. The van der Waals surface area contributed by atoms with Crippen LogP contribution in [0, 0.1) is 0 Å². The van der Waals surface area contributed by atoms with Gasteiger partial charge in [-0.15, -0.1) is 0 Å². The van der Waals surface area contributed by atoms with E-state index in [0.29, 0.717) is 18.3 Å². The zero-order chi connectivity index (χ0) is 15.7. The summed E-state index contributed by atoms with van der Waals surface area (Å²) in [5, 5.41) is 3.30. The maximum absolute atomic E-state index is 12.5. The van der Waals surface area contributed by atoms with Crippen molar-refractivity contribution in [3.05, 3.63) is 16.5 Å². The van der Waals surface area contributed by atoms with Crippen molar-refractivity contribution in [3.8, 4) is 0 Å². The third-order valence-corrected chi connectivity index (χ3v) is 5.98. The van der Waals surface area contributed by atoms with Gasteiger partial charge in [-0.05, 0) is 49.0 Å². The molecule has 0 aliphatic heterocycles. The fourth-order valence-corrected chi connectivity index (χ4v) is 4.74. The Morgan fingerprint density at radius 3 is 2.67 bits per heavy atom. The van der Waals surface area contributed by atoms with E-state index in [0.717, 1.165) is 12.8 Å². The molecule has 1 aliphatic rings. The first-order valence-corrected chi connectivity index (χ1v) is 9.57. The normalized spacial score (nSPS) is 16.4. The Bertz CT molecular complexity index is 591. The molecular formula is C14H23BrN2O3S. The molecule has 1 heterocycles. The van der Waals surface area contributed by atoms with Crippen LogP contribution in [0.1, 0.15) is 52.2 Å². The maximum Gasteiger partial charge on any atom is 0.245 e. The lowest BCUT2D eigenvalue weighted by atomic mass is 10.0. The van der Waals surface area contributed by atoms with Crippen LogP contribution in [0.4, 0.5) is 0 Å². The van der Waals surface area contributed by atoms with Crippen LogP contribution < -0.4 is 10.0 Å². The van der Waals surface area contributed by atoms with Gasteiger partial charge in [0.2, 0.25) is 10.0 Å². The molecule has 1 saturated carbocycles. The molecule has 2 N–H and O–H groups in total. The minimum absolute atomic E-state index is 0.166. The van der Waals surface area contributed by atoms with Gasteiger partial charge in [0.25, 0.3) is 0 Å². The Hall–Kier alpha value is -0.370. The Morgan fingerprint density at radius 1 is 1.43 bits per heavy atom. The second kappa shape index (κ2) is 6.40. The SMILES string of the molecule is CCCC(C)(C)NS(=O)(=O)c1cc(CNC2CC2)oc1Br. The van der Waals surface area contributed by atoms with Gasteiger partial charge in [0.1, 0.15) is 10.7 Å². The van der Waals surface area contributed by atoms with Crippen molar-refractivity contribution >= 4 is 26.0 Å². The lowest BCUT2D eigenvalue weighted by Crippen LogP contribution is -2.43. The second-order valence-corrected chi connectivity index (χ2v) is 8.62. The molecular weight excluding hydrogens is 356 g/mol. The molecule has 7 heteroatoms. The molecule has 0 radical (unpaired) electrons. The average Bonchev–Trinajstić information content (AvgIpc) is 3.07. The van der Waals surface area contributed by atoms with E-state index in [1.807, 2.05) is 20.8 Å². The van der Waals surface area contributed by atoms with Gasteiger partial charge in [-0.1, -0.05) is 13.3 Å². The Labute approximate surface area is 135 Å². The van der Waals surface area contributed by atoms with Gasteiger partial charge in [-0.25, -0.2) is 13.1 Å². The van der Waals surface area contributed by atoms with Crippen molar-refractivity contribution in [1.82, 2.24) is 10.0 Å². The number of hydrogen-bond donors (Lipinski definition) is 2. The average molecular weight is 379 g/mol. The first kappa shape index (κ1) is 17.0. The summed E-state index contributed by atoms with van der Waals surface area (Å²) in [6, 6.07) is 2.14. The highest BCUT2D eigenvalue weighted by molar-refractivity contribution is 9.10. The molecule has 0 bridgehead atoms. The van der Waals surface area contributed by atoms with Gasteiger partial charge in [-0.3, -0.25) is 0 Å². The summed E-state index contributed by atoms with van der Waals surface area (Å²) >= 11 is 3.21. The highest BCUT2D eigenvalue weighted by Gasteiger charge is 2.29. The molecule has 0 amide bonds. The molecule has 2 rings (SSSR count). The second-order valence-electron chi connectivity index (χ2n) is 6.25. The van der Waals surface area contributed by atoms with Gasteiger partial charge in [0.15, 0.2) is 4.67 Å². The van der Waals surface area contributed by atoms with Crippen LogP contribution in [-0.4, -0.2) is 20.0 Å². The van der Waals surface area contributed by atoms with E-state index < -0.39 is 15.6 Å². The van der Waals surface area contributed by atoms with E-state index in [9.17, 15) is 8.42 Å². The molecule has 5 nitrogen and oxygen atoms in total. The molecule has 0 unspecified atom stereocenters. The first-order chi connectivity index (χ1) is 9.73. The van der Waals surface area contributed by atoms with Crippen LogP contribution in [-0.2, 0) is 16.6 Å². The van der Waals surface area contributed by atoms with Crippen molar-refractivity contribution in [2.24, 2.45) is 0 Å². The molecule has 21 heavy (non-hydrogen) atoms. The standard InChI is InChI=1S/C14H23BrN2O3S/c1-4-7-14(2,3)17-21(18,19)12-8-11(20-13(12)15)9-16-10-5-6-10/h8,10,16-17H,4-7,9H2,1-3H3. The highest BCUT2D eigenvalue weighted by Crippen LogP contribution is 2.28. The summed E-state index contributed by atoms with van der Waals surface area (Å²) in [6.45, 7) is 6.36. The van der Waals surface area contributed by atoms with E-state index >= 15 is 0 Å². The summed E-state index contributed by atoms with van der Waals surface area (Å²) < 4.78 is 33.5. The predicted molar refractivity (Wildman–Crippen MR) is 85.6 cm³/mol. The summed E-state index contributed by atoms with van der Waals surface area (Å²) in [5.74, 6) is 0.627. The molecule has 0 aromatic carbocycles. The third-order valence-electron chi connectivity index (χ3n) is 3.42. The molecule has 1 aliphatic carbocycles. The number of rotatable bonds is 8. The molecule has 1 fully saturated rings. The lowest BCUT2D eigenvalue weighted by Gasteiger charge is -2.24. The Kier molecular flexibility index (Phi) is 5.18. The molecule has 120 valence electrons. The van der Waals surface area contributed by atoms with E-state index in [2.05, 4.69) is 26.0 Å². The molecule has 1 aromatic heterocycles. The van der Waals surface area contributed by atoms with Crippen LogP contribution in [0.15, 0.2) is 20.0 Å². The van der Waals surface area contributed by atoms with Crippen molar-refractivity contribution in [2.45, 2.75) is 69.5 Å². The van der Waals surface area contributed by atoms with Gasteiger partial charge in [0.05, 0.1) is 6.54 Å². The fourth-order valence-electron chi connectivity index (χ4n) is 2.30. The van der Waals surface area contributed by atoms with Crippen LogP contribution in [0.2, 0.25) is 0 Å². The van der Waals surface area contributed by atoms with Crippen molar-refractivity contribution in [1.29, 1.82) is 0 Å². The van der Waals surface area contributed by atoms with Crippen LogP contribution >= 0.6 is 15.9 Å². The van der Waals surface area contributed by atoms with Gasteiger partial charge in [0, 0.05) is 17.6 Å². The van der Waals surface area contributed by atoms with Crippen molar-refractivity contribution < 1.29 is 12.8 Å². The largest absolute Gasteiger partial charge is 0.452 e. The minimum Gasteiger partial charge on any atom is -0.452 e. The van der Waals surface area contributed by atoms with Crippen molar-refractivity contribution in [3.63, 3.8) is 0 Å². The summed E-state index contributed by atoms with van der Waals surface area (Å²) in [4.78, 5) is 0.166. The summed E-state index contributed by atoms with van der Waals surface area (Å²) in [7, 11) is -3.59. The smallest absolute Gasteiger partial charge is 0.245 e. The lowest BCUT2D eigenvalue weighted by molar-refractivity contribution is 0.416. The maximum atomic E-state index is 12.5. The zero-order valence-corrected chi connectivity index (χ0v) is 15.1. The summed E-state index contributed by atoms with van der Waals surface area (Å²) in [5.41, 5.74) is -0.475. The van der Waals surface area contributed by atoms with E-state index in [-0.39, 0.29) is 9.56 Å². The zero-order valence-electron chi connectivity index (χ0n) is 12.7. The van der Waals surface area contributed by atoms with E-state index in [1.165, 1.54) is 12.8 Å².